The molecule has 0 saturated carbocycles. The lowest BCUT2D eigenvalue weighted by molar-refractivity contribution is 1.07. The Balaban J connectivity index is 1.14. The minimum absolute atomic E-state index is 0.631. The number of hydrogen-bond acceptors (Lipinski definition) is 3. The highest BCUT2D eigenvalue weighted by atomic mass is 15.0. The number of rotatable bonds is 4. The molecule has 2 aromatic heterocycles. The van der Waals surface area contributed by atoms with E-state index in [9.17, 15) is 0 Å². The molecular formula is C49H30N4. The molecule has 2 heterocycles. The van der Waals surface area contributed by atoms with Gasteiger partial charge in [-0.2, -0.15) is 0 Å². The van der Waals surface area contributed by atoms with Gasteiger partial charge in [-0.3, -0.25) is 0 Å². The van der Waals surface area contributed by atoms with Crippen LogP contribution in [0.4, 0.5) is 0 Å². The van der Waals surface area contributed by atoms with Crippen molar-refractivity contribution in [2.24, 2.45) is 0 Å². The first-order valence-corrected chi connectivity index (χ1v) is 17.9. The Kier molecular flexibility index (Phi) is 6.52. The molecule has 0 aliphatic heterocycles. The molecule has 0 bridgehead atoms. The highest BCUT2D eigenvalue weighted by molar-refractivity contribution is 6.17. The fraction of sp³-hybridized carbons (Fsp3) is 0. The van der Waals surface area contributed by atoms with Gasteiger partial charge in [-0.15, -0.1) is 0 Å². The molecule has 0 spiro atoms. The molecule has 0 atom stereocenters. The first-order chi connectivity index (χ1) is 26.3. The van der Waals surface area contributed by atoms with E-state index in [0.717, 1.165) is 49.6 Å². The van der Waals surface area contributed by atoms with Crippen LogP contribution in [0.5, 0.6) is 0 Å². The van der Waals surface area contributed by atoms with E-state index in [0.29, 0.717) is 17.5 Å². The maximum Gasteiger partial charge on any atom is 0.164 e. The summed E-state index contributed by atoms with van der Waals surface area (Å²) in [6.45, 7) is 0. The van der Waals surface area contributed by atoms with Gasteiger partial charge in [-0.05, 0) is 68.0 Å². The van der Waals surface area contributed by atoms with Crippen LogP contribution in [-0.4, -0.2) is 19.5 Å². The van der Waals surface area contributed by atoms with Crippen LogP contribution in [0.2, 0.25) is 0 Å². The molecule has 0 fully saturated rings. The van der Waals surface area contributed by atoms with Gasteiger partial charge in [0.1, 0.15) is 0 Å². The predicted octanol–water partition coefficient (Wildman–Crippen LogP) is 12.6. The van der Waals surface area contributed by atoms with E-state index in [2.05, 4.69) is 168 Å². The number of para-hydroxylation sites is 2. The van der Waals surface area contributed by atoms with E-state index in [1.54, 1.807) is 0 Å². The average molecular weight is 675 g/mol. The largest absolute Gasteiger partial charge is 0.309 e. The Morgan fingerprint density at radius 2 is 0.755 bits per heavy atom. The Morgan fingerprint density at radius 1 is 0.283 bits per heavy atom. The second kappa shape index (κ2) is 11.7. The summed E-state index contributed by atoms with van der Waals surface area (Å²) >= 11 is 0. The summed E-state index contributed by atoms with van der Waals surface area (Å²) in [5, 5.41) is 12.1. The third-order valence-electron chi connectivity index (χ3n) is 10.6. The van der Waals surface area contributed by atoms with E-state index in [-0.39, 0.29) is 0 Å². The van der Waals surface area contributed by atoms with E-state index in [1.165, 1.54) is 37.7 Å². The molecule has 0 aliphatic rings. The minimum atomic E-state index is 0.631. The fourth-order valence-electron chi connectivity index (χ4n) is 8.11. The van der Waals surface area contributed by atoms with Crippen molar-refractivity contribution in [1.82, 2.24) is 19.5 Å². The molecule has 0 aliphatic carbocycles. The zero-order chi connectivity index (χ0) is 34.9. The van der Waals surface area contributed by atoms with Gasteiger partial charge in [0.2, 0.25) is 0 Å². The van der Waals surface area contributed by atoms with Crippen LogP contribution >= 0.6 is 0 Å². The molecule has 0 amide bonds. The molecule has 4 heteroatoms. The molecule has 9 aromatic carbocycles. The number of hydrogen-bond donors (Lipinski definition) is 0. The van der Waals surface area contributed by atoms with Gasteiger partial charge in [-0.1, -0.05) is 152 Å². The van der Waals surface area contributed by atoms with E-state index in [1.807, 2.05) is 18.2 Å². The van der Waals surface area contributed by atoms with Gasteiger partial charge in [0.25, 0.3) is 0 Å². The van der Waals surface area contributed by atoms with Crippen LogP contribution in [-0.2, 0) is 0 Å². The lowest BCUT2D eigenvalue weighted by atomic mass is 9.96. The van der Waals surface area contributed by atoms with Crippen molar-refractivity contribution < 1.29 is 0 Å². The van der Waals surface area contributed by atoms with Gasteiger partial charge < -0.3 is 4.57 Å². The topological polar surface area (TPSA) is 43.6 Å². The maximum absolute atomic E-state index is 5.23. The molecule has 53 heavy (non-hydrogen) atoms. The lowest BCUT2D eigenvalue weighted by Crippen LogP contribution is -2.02. The van der Waals surface area contributed by atoms with Crippen molar-refractivity contribution in [1.29, 1.82) is 0 Å². The zero-order valence-corrected chi connectivity index (χ0v) is 28.6. The Morgan fingerprint density at radius 3 is 1.47 bits per heavy atom. The van der Waals surface area contributed by atoms with Crippen molar-refractivity contribution in [3.8, 4) is 39.9 Å². The van der Waals surface area contributed by atoms with Crippen LogP contribution < -0.4 is 0 Å². The van der Waals surface area contributed by atoms with E-state index >= 15 is 0 Å². The van der Waals surface area contributed by atoms with Gasteiger partial charge in [-0.25, -0.2) is 15.0 Å². The number of benzene rings is 9. The fourth-order valence-corrected chi connectivity index (χ4v) is 8.11. The molecule has 0 radical (unpaired) electrons. The summed E-state index contributed by atoms with van der Waals surface area (Å²) in [6.07, 6.45) is 0. The highest BCUT2D eigenvalue weighted by Gasteiger charge is 2.18. The summed E-state index contributed by atoms with van der Waals surface area (Å²) in [6, 6.07) is 64.6. The maximum atomic E-state index is 5.23. The smallest absolute Gasteiger partial charge is 0.164 e. The Hall–Kier alpha value is -7.17. The van der Waals surface area contributed by atoms with Crippen molar-refractivity contribution in [2.45, 2.75) is 0 Å². The van der Waals surface area contributed by atoms with Crippen LogP contribution in [0.3, 0.4) is 0 Å². The lowest BCUT2D eigenvalue weighted by Gasteiger charge is -2.15. The number of nitrogens with zero attached hydrogens (tertiary/aromatic N) is 4. The summed E-state index contributed by atoms with van der Waals surface area (Å²) in [5.74, 6) is 1.91. The third-order valence-corrected chi connectivity index (χ3v) is 10.6. The summed E-state index contributed by atoms with van der Waals surface area (Å²) in [5.41, 5.74) is 6.23. The first-order valence-electron chi connectivity index (χ1n) is 17.9. The van der Waals surface area contributed by atoms with E-state index in [4.69, 9.17) is 15.0 Å². The highest BCUT2D eigenvalue weighted by Crippen LogP contribution is 2.38. The molecule has 246 valence electrons. The predicted molar refractivity (Wildman–Crippen MR) is 220 cm³/mol. The molecule has 4 nitrogen and oxygen atoms in total. The van der Waals surface area contributed by atoms with E-state index < -0.39 is 0 Å². The third kappa shape index (κ3) is 4.73. The number of fused-ring (bicyclic) bond motifs is 9. The van der Waals surface area contributed by atoms with Crippen molar-refractivity contribution in [3.63, 3.8) is 0 Å². The number of aromatic nitrogens is 4. The minimum Gasteiger partial charge on any atom is -0.309 e. The average Bonchev–Trinajstić information content (AvgIpc) is 3.57. The molecule has 11 aromatic rings. The van der Waals surface area contributed by atoms with Gasteiger partial charge >= 0.3 is 0 Å². The van der Waals surface area contributed by atoms with Gasteiger partial charge in [0, 0.05) is 32.8 Å². The zero-order valence-electron chi connectivity index (χ0n) is 28.6. The van der Waals surface area contributed by atoms with Gasteiger partial charge in [0.15, 0.2) is 17.5 Å². The molecule has 0 unspecified atom stereocenters. The Labute approximate surface area is 305 Å². The molecule has 11 rings (SSSR count). The monoisotopic (exact) mass is 674 g/mol. The summed E-state index contributed by atoms with van der Waals surface area (Å²) in [7, 11) is 0. The SMILES string of the molecule is c1ccc(-c2nc(-c3cc(-n4c5ccccc5c5ccccc54)c4ccccc4c3)nc(-c3ccc4c(ccc5c6ccccc6ccc45)c3)n2)cc1. The quantitative estimate of drug-likeness (QED) is 0.175. The van der Waals surface area contributed by atoms with Crippen LogP contribution in [0.25, 0.3) is 105 Å². The first kappa shape index (κ1) is 29.5. The van der Waals surface area contributed by atoms with Gasteiger partial charge in [0.05, 0.1) is 16.7 Å². The summed E-state index contributed by atoms with van der Waals surface area (Å²) in [4.78, 5) is 15.5. The van der Waals surface area contributed by atoms with Crippen molar-refractivity contribution in [2.75, 3.05) is 0 Å². The molecule has 0 N–H and O–H groups in total. The van der Waals surface area contributed by atoms with Crippen molar-refractivity contribution in [3.05, 3.63) is 182 Å². The standard InChI is InChI=1S/C49H30N4/c1-2-13-32(14-3-1)47-50-48(35-24-25-38-34(28-35)23-27-40-37-16-6-4-12-31(37)22-26-41(38)40)52-49(51-47)36-29-33-15-5-7-17-39(33)46(30-36)53-44-20-10-8-18-42(44)43-19-9-11-21-45(43)53/h1-30H. The van der Waals surface area contributed by atoms with Crippen molar-refractivity contribution >= 4 is 64.9 Å². The van der Waals surface area contributed by atoms with Crippen LogP contribution in [0.1, 0.15) is 0 Å². The normalized spacial score (nSPS) is 11.8. The second-order valence-corrected chi connectivity index (χ2v) is 13.6. The molecule has 0 saturated heterocycles. The molecular weight excluding hydrogens is 645 g/mol. The second-order valence-electron chi connectivity index (χ2n) is 13.6. The Bertz CT molecular complexity index is 3180. The van der Waals surface area contributed by atoms with Crippen LogP contribution in [0.15, 0.2) is 182 Å². The van der Waals surface area contributed by atoms with Crippen LogP contribution in [0, 0.1) is 0 Å². The summed E-state index contributed by atoms with van der Waals surface area (Å²) < 4.78 is 2.38.